The van der Waals surface area contributed by atoms with Crippen molar-refractivity contribution in [2.45, 2.75) is 64.4 Å². The molecule has 4 rings (SSSR count). The molecular formula is C22H28F3N5O4. The zero-order valence-corrected chi connectivity index (χ0v) is 19.6. The number of likely N-dealkylation sites (tertiary alicyclic amines) is 1. The molecule has 34 heavy (non-hydrogen) atoms. The highest BCUT2D eigenvalue weighted by Crippen LogP contribution is 2.45. The largest absolute Gasteiger partial charge is 0.483 e. The molecule has 1 fully saturated rings. The van der Waals surface area contributed by atoms with Crippen LogP contribution in [0.15, 0.2) is 17.2 Å². The summed E-state index contributed by atoms with van der Waals surface area (Å²) in [7, 11) is 0. The number of fused-ring (bicyclic) bond motifs is 3. The second kappa shape index (κ2) is 8.24. The zero-order chi connectivity index (χ0) is 25.0. The van der Waals surface area contributed by atoms with Crippen LogP contribution >= 0.6 is 0 Å². The number of ether oxygens (including phenoxy) is 2. The zero-order valence-electron chi connectivity index (χ0n) is 19.6. The molecule has 0 radical (unpaired) electrons. The van der Waals surface area contributed by atoms with Crippen LogP contribution in [-0.2, 0) is 9.53 Å². The van der Waals surface area contributed by atoms with Crippen LogP contribution in [0, 0.1) is 0 Å². The average molecular weight is 483 g/mol. The molecule has 2 unspecified atom stereocenters. The van der Waals surface area contributed by atoms with Gasteiger partial charge < -0.3 is 24.6 Å². The quantitative estimate of drug-likeness (QED) is 0.684. The molecule has 2 amide bonds. The SMILES string of the molecule is CC1C(=O)NN=C2COc3cc(C(C)C(F)(F)F)c(NC4CN(C(=O)OC(C)(C)C)C4)cc3N21. The fourth-order valence-corrected chi connectivity index (χ4v) is 4.01. The van der Waals surface area contributed by atoms with Crippen LogP contribution in [0.5, 0.6) is 5.75 Å². The molecule has 3 aliphatic rings. The lowest BCUT2D eigenvalue weighted by Gasteiger charge is -2.42. The van der Waals surface area contributed by atoms with Gasteiger partial charge in [0.25, 0.3) is 5.91 Å². The predicted octanol–water partition coefficient (Wildman–Crippen LogP) is 3.41. The number of nitrogens with zero attached hydrogens (tertiary/aromatic N) is 3. The molecule has 1 saturated heterocycles. The fraction of sp³-hybridized carbons (Fsp3) is 0.591. The summed E-state index contributed by atoms with van der Waals surface area (Å²) < 4.78 is 52.0. The summed E-state index contributed by atoms with van der Waals surface area (Å²) in [6.07, 6.45) is -4.94. The van der Waals surface area contributed by atoms with Crippen molar-refractivity contribution in [3.05, 3.63) is 17.7 Å². The van der Waals surface area contributed by atoms with Crippen molar-refractivity contribution >= 4 is 29.2 Å². The standard InChI is InChI=1S/C22H28F3N5O4/c1-11(22(23,24)25)14-6-17-16(30-12(2)19(31)28-27-18(30)10-33-17)7-15(14)26-13-8-29(9-13)20(32)34-21(3,4)5/h6-7,11-13,26H,8-10H2,1-5H3,(H,28,31). The molecule has 0 aromatic heterocycles. The highest BCUT2D eigenvalue weighted by atomic mass is 19.4. The van der Waals surface area contributed by atoms with Crippen LogP contribution in [0.25, 0.3) is 0 Å². The first-order valence-electron chi connectivity index (χ1n) is 11.0. The molecule has 1 aromatic rings. The number of halogens is 3. The van der Waals surface area contributed by atoms with Gasteiger partial charge >= 0.3 is 12.3 Å². The number of benzene rings is 1. The normalized spacial score (nSPS) is 21.4. The van der Waals surface area contributed by atoms with Crippen molar-refractivity contribution < 1.29 is 32.2 Å². The monoisotopic (exact) mass is 483 g/mol. The minimum absolute atomic E-state index is 0.0245. The maximum atomic E-state index is 13.7. The smallest absolute Gasteiger partial charge is 0.410 e. The Morgan fingerprint density at radius 2 is 1.97 bits per heavy atom. The first-order valence-corrected chi connectivity index (χ1v) is 11.0. The second-order valence-electron chi connectivity index (χ2n) is 9.74. The van der Waals surface area contributed by atoms with Crippen LogP contribution < -0.4 is 20.4 Å². The number of nitrogens with one attached hydrogen (secondary N) is 2. The fourth-order valence-electron chi connectivity index (χ4n) is 4.01. The molecule has 2 atom stereocenters. The van der Waals surface area contributed by atoms with Crippen molar-refractivity contribution in [3.63, 3.8) is 0 Å². The van der Waals surface area contributed by atoms with E-state index >= 15 is 0 Å². The molecule has 3 heterocycles. The van der Waals surface area contributed by atoms with Crippen molar-refractivity contribution in [2.24, 2.45) is 5.10 Å². The Balaban J connectivity index is 1.62. The molecule has 0 aliphatic carbocycles. The van der Waals surface area contributed by atoms with E-state index in [1.165, 1.54) is 11.0 Å². The highest BCUT2D eigenvalue weighted by molar-refractivity contribution is 6.09. The molecule has 12 heteroatoms. The van der Waals surface area contributed by atoms with E-state index in [9.17, 15) is 22.8 Å². The first-order chi connectivity index (χ1) is 15.7. The van der Waals surface area contributed by atoms with Gasteiger partial charge in [-0.05, 0) is 52.3 Å². The van der Waals surface area contributed by atoms with E-state index in [0.717, 1.165) is 6.92 Å². The third kappa shape index (κ3) is 4.58. The number of rotatable bonds is 3. The van der Waals surface area contributed by atoms with Gasteiger partial charge in [0, 0.05) is 18.8 Å². The average Bonchev–Trinajstić information content (AvgIpc) is 2.69. The third-order valence-corrected chi connectivity index (χ3v) is 5.94. The molecular weight excluding hydrogens is 455 g/mol. The van der Waals surface area contributed by atoms with E-state index in [2.05, 4.69) is 15.8 Å². The summed E-state index contributed by atoms with van der Waals surface area (Å²) in [6.45, 7) is 8.67. The van der Waals surface area contributed by atoms with Crippen molar-refractivity contribution in [1.29, 1.82) is 0 Å². The lowest BCUT2D eigenvalue weighted by atomic mass is 9.95. The molecule has 186 valence electrons. The summed E-state index contributed by atoms with van der Waals surface area (Å²) in [5.74, 6) is -1.38. The van der Waals surface area contributed by atoms with E-state index in [1.807, 2.05) is 0 Å². The van der Waals surface area contributed by atoms with Gasteiger partial charge in [0.15, 0.2) is 5.84 Å². The van der Waals surface area contributed by atoms with E-state index in [4.69, 9.17) is 9.47 Å². The molecule has 9 nitrogen and oxygen atoms in total. The third-order valence-electron chi connectivity index (χ3n) is 5.94. The Kier molecular flexibility index (Phi) is 5.81. The van der Waals surface area contributed by atoms with Crippen LogP contribution in [0.3, 0.4) is 0 Å². The summed E-state index contributed by atoms with van der Waals surface area (Å²) >= 11 is 0. The van der Waals surface area contributed by atoms with Crippen molar-refractivity contribution in [3.8, 4) is 5.75 Å². The topological polar surface area (TPSA) is 95.5 Å². The predicted molar refractivity (Wildman–Crippen MR) is 119 cm³/mol. The summed E-state index contributed by atoms with van der Waals surface area (Å²) in [4.78, 5) is 27.5. The molecule has 0 saturated carbocycles. The minimum atomic E-state index is -4.47. The number of carbonyl (C=O) groups is 2. The van der Waals surface area contributed by atoms with Gasteiger partial charge in [-0.2, -0.15) is 18.3 Å². The Morgan fingerprint density at radius 1 is 1.29 bits per heavy atom. The maximum Gasteiger partial charge on any atom is 0.410 e. The summed E-state index contributed by atoms with van der Waals surface area (Å²) in [6, 6.07) is 2.06. The molecule has 3 aliphatic heterocycles. The van der Waals surface area contributed by atoms with Crippen LogP contribution in [0.4, 0.5) is 29.3 Å². The van der Waals surface area contributed by atoms with Crippen molar-refractivity contribution in [1.82, 2.24) is 10.3 Å². The van der Waals surface area contributed by atoms with Gasteiger partial charge in [0.1, 0.15) is 24.0 Å². The van der Waals surface area contributed by atoms with Crippen LogP contribution in [0.2, 0.25) is 0 Å². The first kappa shape index (κ1) is 24.0. The van der Waals surface area contributed by atoms with E-state index < -0.39 is 29.8 Å². The maximum absolute atomic E-state index is 13.7. The Morgan fingerprint density at radius 3 is 2.59 bits per heavy atom. The lowest BCUT2D eigenvalue weighted by Crippen LogP contribution is -2.58. The van der Waals surface area contributed by atoms with Gasteiger partial charge in [0.05, 0.1) is 17.6 Å². The summed E-state index contributed by atoms with van der Waals surface area (Å²) in [5, 5.41) is 7.16. The van der Waals surface area contributed by atoms with Gasteiger partial charge in [0.2, 0.25) is 0 Å². The Bertz CT molecular complexity index is 1030. The van der Waals surface area contributed by atoms with Crippen LogP contribution in [0.1, 0.15) is 46.1 Å². The number of anilines is 2. The second-order valence-corrected chi connectivity index (χ2v) is 9.74. The van der Waals surface area contributed by atoms with E-state index in [-0.39, 0.29) is 48.6 Å². The number of hydrazone groups is 1. The van der Waals surface area contributed by atoms with Gasteiger partial charge in [-0.1, -0.05) is 0 Å². The number of alkyl halides is 3. The minimum Gasteiger partial charge on any atom is -0.483 e. The molecule has 1 aromatic carbocycles. The number of hydrogen-bond donors (Lipinski definition) is 2. The van der Waals surface area contributed by atoms with Gasteiger partial charge in [-0.3, -0.25) is 4.79 Å². The Labute approximate surface area is 195 Å². The number of carbonyl (C=O) groups excluding carboxylic acids is 2. The highest BCUT2D eigenvalue weighted by Gasteiger charge is 2.42. The lowest BCUT2D eigenvalue weighted by molar-refractivity contribution is -0.146. The van der Waals surface area contributed by atoms with Crippen molar-refractivity contribution in [2.75, 3.05) is 29.9 Å². The molecule has 0 spiro atoms. The van der Waals surface area contributed by atoms with Gasteiger partial charge in [-0.15, -0.1) is 0 Å². The number of amidine groups is 1. The number of hydrogen-bond acceptors (Lipinski definition) is 7. The van der Waals surface area contributed by atoms with E-state index in [0.29, 0.717) is 11.5 Å². The summed E-state index contributed by atoms with van der Waals surface area (Å²) in [5.41, 5.74) is 2.53. The van der Waals surface area contributed by atoms with Gasteiger partial charge in [-0.25, -0.2) is 10.2 Å². The van der Waals surface area contributed by atoms with E-state index in [1.54, 1.807) is 38.7 Å². The number of amides is 2. The van der Waals surface area contributed by atoms with Crippen LogP contribution in [-0.4, -0.2) is 66.3 Å². The Hall–Kier alpha value is -3.18. The molecule has 0 bridgehead atoms. The molecule has 2 N–H and O–H groups in total.